The molecule has 1 fully saturated rings. The Kier molecular flexibility index (Phi) is 3.54. The van der Waals surface area contributed by atoms with Crippen molar-refractivity contribution in [2.75, 3.05) is 13.2 Å². The summed E-state index contributed by atoms with van der Waals surface area (Å²) in [6, 6.07) is 1.02. The number of aromatic nitrogens is 2. The van der Waals surface area contributed by atoms with Gasteiger partial charge in [0.1, 0.15) is 11.7 Å². The second kappa shape index (κ2) is 4.85. The molecular weight excluding hydrogens is 261 g/mol. The maximum Gasteiger partial charge on any atom is 0.330 e. The number of H-pyrrole nitrogens is 1. The van der Waals surface area contributed by atoms with E-state index in [1.807, 2.05) is 4.98 Å². The van der Waals surface area contributed by atoms with Crippen LogP contribution in [0.4, 0.5) is 4.39 Å². The van der Waals surface area contributed by atoms with Crippen LogP contribution in [0.2, 0.25) is 0 Å². The van der Waals surface area contributed by atoms with Gasteiger partial charge in [-0.1, -0.05) is 0 Å². The van der Waals surface area contributed by atoms with Crippen LogP contribution in [0.5, 0.6) is 0 Å². The number of ether oxygens (including phenoxy) is 1. The highest BCUT2D eigenvalue weighted by atomic mass is 19.1. The molecule has 1 aromatic heterocycles. The maximum absolute atomic E-state index is 14.0. The van der Waals surface area contributed by atoms with E-state index in [1.165, 1.54) is 0 Å². The van der Waals surface area contributed by atoms with Gasteiger partial charge in [-0.3, -0.25) is 14.3 Å². The smallest absolute Gasteiger partial charge is 0.330 e. The number of hydrogen-bond donors (Lipinski definition) is 4. The van der Waals surface area contributed by atoms with E-state index in [1.54, 1.807) is 0 Å². The number of rotatable bonds is 3. The molecule has 0 radical (unpaired) electrons. The summed E-state index contributed by atoms with van der Waals surface area (Å²) in [7, 11) is 0. The second-order valence-electron chi connectivity index (χ2n) is 4.34. The van der Waals surface area contributed by atoms with Gasteiger partial charge in [-0.2, -0.15) is 0 Å². The quantitative estimate of drug-likeness (QED) is 0.480. The van der Waals surface area contributed by atoms with Crippen LogP contribution < -0.4 is 17.0 Å². The lowest BCUT2D eigenvalue weighted by molar-refractivity contribution is -0.122. The minimum atomic E-state index is -1.96. The third-order valence-electron chi connectivity index (χ3n) is 3.21. The van der Waals surface area contributed by atoms with Crippen LogP contribution in [0.3, 0.4) is 0 Å². The van der Waals surface area contributed by atoms with Crippen molar-refractivity contribution in [2.24, 2.45) is 5.73 Å². The van der Waals surface area contributed by atoms with E-state index < -0.39 is 42.0 Å². The van der Waals surface area contributed by atoms with Crippen LogP contribution in [-0.4, -0.2) is 50.8 Å². The Morgan fingerprint density at radius 1 is 1.58 bits per heavy atom. The zero-order valence-corrected chi connectivity index (χ0v) is 9.82. The van der Waals surface area contributed by atoms with Crippen molar-refractivity contribution in [1.82, 2.24) is 9.55 Å². The first-order valence-electron chi connectivity index (χ1n) is 5.57. The fourth-order valence-electron chi connectivity index (χ4n) is 2.02. The van der Waals surface area contributed by atoms with Crippen molar-refractivity contribution in [3.05, 3.63) is 33.1 Å². The van der Waals surface area contributed by atoms with Gasteiger partial charge in [0.2, 0.25) is 0 Å². The molecule has 0 spiro atoms. The van der Waals surface area contributed by atoms with Gasteiger partial charge in [-0.15, -0.1) is 0 Å². The molecule has 0 saturated carbocycles. The number of alkyl halides is 1. The van der Waals surface area contributed by atoms with Crippen molar-refractivity contribution >= 4 is 0 Å². The molecule has 5 N–H and O–H groups in total. The van der Waals surface area contributed by atoms with Crippen LogP contribution in [-0.2, 0) is 4.74 Å². The van der Waals surface area contributed by atoms with Crippen LogP contribution >= 0.6 is 0 Å². The molecule has 19 heavy (non-hydrogen) atoms. The van der Waals surface area contributed by atoms with E-state index in [2.05, 4.69) is 0 Å². The Morgan fingerprint density at radius 3 is 2.74 bits per heavy atom. The molecule has 0 aliphatic carbocycles. The van der Waals surface area contributed by atoms with Crippen molar-refractivity contribution in [2.45, 2.75) is 24.1 Å². The molecule has 8 nitrogen and oxygen atoms in total. The Labute approximate surface area is 106 Å². The zero-order valence-electron chi connectivity index (χ0n) is 9.82. The van der Waals surface area contributed by atoms with Gasteiger partial charge in [0.15, 0.2) is 12.4 Å². The summed E-state index contributed by atoms with van der Waals surface area (Å²) in [6.07, 6.45) is -4.05. The number of nitrogens with one attached hydrogen (secondary N) is 1. The van der Waals surface area contributed by atoms with Gasteiger partial charge in [0.25, 0.3) is 5.56 Å². The fraction of sp³-hybridized carbons (Fsp3) is 0.600. The number of aliphatic hydroxyl groups is 2. The average molecular weight is 275 g/mol. The molecule has 1 saturated heterocycles. The number of aliphatic hydroxyl groups excluding tert-OH is 2. The highest BCUT2D eigenvalue weighted by molar-refractivity contribution is 5.02. The van der Waals surface area contributed by atoms with Gasteiger partial charge in [-0.25, -0.2) is 9.18 Å². The number of halogens is 1. The molecule has 1 aliphatic rings. The molecule has 9 heteroatoms. The standard InChI is InChI=1S/C10H14FN3O5/c11-6-7(17)10(3-12,4-15)19-8(6)14-2-1-5(16)13-9(14)18/h1-2,6-8,15,17H,3-4,12H2,(H,13,16,18)/t6-,7+,8-,10-/m1/s1. The van der Waals surface area contributed by atoms with E-state index in [-0.39, 0.29) is 6.54 Å². The molecule has 2 rings (SSSR count). The molecule has 1 aromatic rings. The number of hydrogen-bond acceptors (Lipinski definition) is 6. The molecule has 0 bridgehead atoms. The zero-order chi connectivity index (χ0) is 14.2. The number of nitrogens with two attached hydrogens (primary N) is 1. The minimum Gasteiger partial charge on any atom is -0.393 e. The first-order valence-corrected chi connectivity index (χ1v) is 5.57. The van der Waals surface area contributed by atoms with Gasteiger partial charge >= 0.3 is 5.69 Å². The molecule has 0 amide bonds. The number of aromatic amines is 1. The summed E-state index contributed by atoms with van der Waals surface area (Å²) in [6.45, 7) is -1.01. The van der Waals surface area contributed by atoms with Gasteiger partial charge < -0.3 is 20.7 Å². The topological polar surface area (TPSA) is 131 Å². The summed E-state index contributed by atoms with van der Waals surface area (Å²) >= 11 is 0. The summed E-state index contributed by atoms with van der Waals surface area (Å²) in [5, 5.41) is 19.0. The maximum atomic E-state index is 14.0. The molecule has 2 heterocycles. The average Bonchev–Trinajstić information content (AvgIpc) is 2.64. The summed E-state index contributed by atoms with van der Waals surface area (Å²) in [5.41, 5.74) is 2.20. The molecule has 1 aliphatic heterocycles. The fourth-order valence-corrected chi connectivity index (χ4v) is 2.02. The van der Waals surface area contributed by atoms with Crippen LogP contribution in [0.25, 0.3) is 0 Å². The number of nitrogens with zero attached hydrogens (tertiary/aromatic N) is 1. The highest BCUT2D eigenvalue weighted by Crippen LogP contribution is 2.37. The van der Waals surface area contributed by atoms with E-state index in [9.17, 15) is 24.2 Å². The highest BCUT2D eigenvalue weighted by Gasteiger charge is 2.55. The first kappa shape index (κ1) is 13.9. The Morgan fingerprint density at radius 2 is 2.26 bits per heavy atom. The second-order valence-corrected chi connectivity index (χ2v) is 4.34. The van der Waals surface area contributed by atoms with Crippen molar-refractivity contribution < 1.29 is 19.3 Å². The molecule has 106 valence electrons. The van der Waals surface area contributed by atoms with Gasteiger partial charge in [0.05, 0.1) is 6.61 Å². The Bertz CT molecular complexity index is 567. The summed E-state index contributed by atoms with van der Waals surface area (Å²) in [5.74, 6) is 0. The monoisotopic (exact) mass is 275 g/mol. The minimum absolute atomic E-state index is 0.320. The Balaban J connectivity index is 2.42. The third kappa shape index (κ3) is 2.10. The first-order chi connectivity index (χ1) is 8.95. The van der Waals surface area contributed by atoms with Crippen LogP contribution in [0.15, 0.2) is 21.9 Å². The largest absolute Gasteiger partial charge is 0.393 e. The predicted molar refractivity (Wildman–Crippen MR) is 61.2 cm³/mol. The summed E-state index contributed by atoms with van der Waals surface area (Å²) in [4.78, 5) is 24.4. The Hall–Kier alpha value is -1.55. The van der Waals surface area contributed by atoms with E-state index in [0.29, 0.717) is 0 Å². The van der Waals surface area contributed by atoms with Crippen LogP contribution in [0, 0.1) is 0 Å². The van der Waals surface area contributed by atoms with Crippen molar-refractivity contribution in [3.63, 3.8) is 0 Å². The molecular formula is C10H14FN3O5. The van der Waals surface area contributed by atoms with E-state index in [0.717, 1.165) is 16.8 Å². The molecule has 0 aromatic carbocycles. The lowest BCUT2D eigenvalue weighted by Gasteiger charge is -2.27. The summed E-state index contributed by atoms with van der Waals surface area (Å²) < 4.78 is 20.0. The van der Waals surface area contributed by atoms with Crippen molar-refractivity contribution in [3.8, 4) is 0 Å². The normalized spacial score (nSPS) is 34.6. The van der Waals surface area contributed by atoms with Crippen LogP contribution in [0.1, 0.15) is 6.23 Å². The lowest BCUT2D eigenvalue weighted by atomic mass is 9.97. The van der Waals surface area contributed by atoms with Gasteiger partial charge in [0, 0.05) is 18.8 Å². The van der Waals surface area contributed by atoms with E-state index in [4.69, 9.17) is 10.5 Å². The van der Waals surface area contributed by atoms with E-state index >= 15 is 0 Å². The van der Waals surface area contributed by atoms with Crippen molar-refractivity contribution in [1.29, 1.82) is 0 Å². The van der Waals surface area contributed by atoms with Gasteiger partial charge in [-0.05, 0) is 0 Å². The SMILES string of the molecule is NC[C@]1(CO)O[C@@H](n2ccc(=O)[nH]c2=O)[C@H](F)[C@@H]1O. The molecule has 4 atom stereocenters. The lowest BCUT2D eigenvalue weighted by Crippen LogP contribution is -2.51. The molecule has 0 unspecified atom stereocenters. The third-order valence-corrected chi connectivity index (χ3v) is 3.21. The predicted octanol–water partition coefficient (Wildman–Crippen LogP) is -2.55.